The summed E-state index contributed by atoms with van der Waals surface area (Å²) >= 11 is 0. The fourth-order valence-electron chi connectivity index (χ4n) is 3.26. The van der Waals surface area contributed by atoms with Crippen molar-refractivity contribution < 1.29 is 5.11 Å². The van der Waals surface area contributed by atoms with E-state index >= 15 is 0 Å². The Morgan fingerprint density at radius 1 is 1.11 bits per heavy atom. The van der Waals surface area contributed by atoms with E-state index in [2.05, 4.69) is 29.2 Å². The van der Waals surface area contributed by atoms with Gasteiger partial charge in [-0.15, -0.1) is 0 Å². The summed E-state index contributed by atoms with van der Waals surface area (Å²) in [6, 6.07) is 10.5. The van der Waals surface area contributed by atoms with Gasteiger partial charge in [0.05, 0.1) is 11.6 Å². The van der Waals surface area contributed by atoms with E-state index in [4.69, 9.17) is 0 Å². The van der Waals surface area contributed by atoms with Crippen LogP contribution in [0.15, 0.2) is 36.5 Å². The van der Waals surface area contributed by atoms with Crippen LogP contribution in [0.1, 0.15) is 37.7 Å². The second-order valence-corrected chi connectivity index (χ2v) is 5.73. The number of aliphatic hydroxyl groups excluding tert-OH is 1. The second-order valence-electron chi connectivity index (χ2n) is 5.73. The SMILES string of the molecule is OC1CCCCC(Cc2ccnc3ccccc23)C1. The van der Waals surface area contributed by atoms with E-state index in [1.54, 1.807) is 0 Å². The largest absolute Gasteiger partial charge is 0.393 e. The lowest BCUT2D eigenvalue weighted by atomic mass is 9.90. The molecule has 1 aromatic carbocycles. The summed E-state index contributed by atoms with van der Waals surface area (Å²) in [6.45, 7) is 0. The van der Waals surface area contributed by atoms with Gasteiger partial charge in [0.1, 0.15) is 0 Å². The van der Waals surface area contributed by atoms with Gasteiger partial charge in [0, 0.05) is 11.6 Å². The Bertz CT molecular complexity index is 546. The molecule has 2 atom stereocenters. The van der Waals surface area contributed by atoms with E-state index in [1.165, 1.54) is 30.2 Å². The summed E-state index contributed by atoms with van der Waals surface area (Å²) in [4.78, 5) is 4.42. The highest BCUT2D eigenvalue weighted by Gasteiger charge is 2.19. The third-order valence-electron chi connectivity index (χ3n) is 4.25. The van der Waals surface area contributed by atoms with Crippen molar-refractivity contribution in [2.45, 2.75) is 44.6 Å². The lowest BCUT2D eigenvalue weighted by Gasteiger charge is -2.17. The van der Waals surface area contributed by atoms with Crippen molar-refractivity contribution in [2.75, 3.05) is 0 Å². The van der Waals surface area contributed by atoms with E-state index in [1.807, 2.05) is 12.3 Å². The van der Waals surface area contributed by atoms with Crippen LogP contribution in [-0.2, 0) is 6.42 Å². The highest BCUT2D eigenvalue weighted by molar-refractivity contribution is 5.81. The normalized spacial score (nSPS) is 24.3. The number of para-hydroxylation sites is 1. The number of aliphatic hydroxyl groups is 1. The van der Waals surface area contributed by atoms with E-state index in [-0.39, 0.29) is 6.10 Å². The molecule has 0 aliphatic heterocycles. The zero-order valence-electron chi connectivity index (χ0n) is 11.3. The molecule has 0 bridgehead atoms. The topological polar surface area (TPSA) is 33.1 Å². The zero-order valence-corrected chi connectivity index (χ0v) is 11.3. The van der Waals surface area contributed by atoms with Crippen LogP contribution < -0.4 is 0 Å². The zero-order chi connectivity index (χ0) is 13.1. The van der Waals surface area contributed by atoms with Gasteiger partial charge in [0.15, 0.2) is 0 Å². The van der Waals surface area contributed by atoms with Gasteiger partial charge in [-0.1, -0.05) is 37.5 Å². The molecule has 1 aliphatic carbocycles. The summed E-state index contributed by atoms with van der Waals surface area (Å²) in [5, 5.41) is 11.2. The number of aromatic nitrogens is 1. The number of pyridine rings is 1. The van der Waals surface area contributed by atoms with Crippen molar-refractivity contribution in [3.05, 3.63) is 42.1 Å². The number of fused-ring (bicyclic) bond motifs is 1. The van der Waals surface area contributed by atoms with Crippen LogP contribution in [0.3, 0.4) is 0 Å². The lowest BCUT2D eigenvalue weighted by molar-refractivity contribution is 0.141. The maximum Gasteiger partial charge on any atom is 0.0704 e. The summed E-state index contributed by atoms with van der Waals surface area (Å²) in [6.07, 6.45) is 8.49. The van der Waals surface area contributed by atoms with Crippen LogP contribution in [0.5, 0.6) is 0 Å². The molecule has 19 heavy (non-hydrogen) atoms. The number of hydrogen-bond donors (Lipinski definition) is 1. The maximum atomic E-state index is 9.94. The quantitative estimate of drug-likeness (QED) is 0.830. The molecule has 3 rings (SSSR count). The van der Waals surface area contributed by atoms with Gasteiger partial charge in [0.2, 0.25) is 0 Å². The van der Waals surface area contributed by atoms with Gasteiger partial charge < -0.3 is 5.11 Å². The second kappa shape index (κ2) is 5.70. The Hall–Kier alpha value is -1.41. The molecule has 1 N–H and O–H groups in total. The minimum atomic E-state index is -0.0967. The summed E-state index contributed by atoms with van der Waals surface area (Å²) in [5.41, 5.74) is 2.46. The van der Waals surface area contributed by atoms with E-state index in [9.17, 15) is 5.11 Å². The molecule has 1 aromatic heterocycles. The van der Waals surface area contributed by atoms with Gasteiger partial charge in [-0.25, -0.2) is 0 Å². The molecule has 2 unspecified atom stereocenters. The van der Waals surface area contributed by atoms with E-state index < -0.39 is 0 Å². The first-order valence-electron chi connectivity index (χ1n) is 7.33. The minimum Gasteiger partial charge on any atom is -0.393 e. The fraction of sp³-hybridized carbons (Fsp3) is 0.471. The van der Waals surface area contributed by atoms with E-state index in [0.717, 1.165) is 24.8 Å². The van der Waals surface area contributed by atoms with Crippen molar-refractivity contribution in [3.63, 3.8) is 0 Å². The molecule has 1 heterocycles. The molecule has 2 heteroatoms. The monoisotopic (exact) mass is 255 g/mol. The smallest absolute Gasteiger partial charge is 0.0704 e. The fourth-order valence-corrected chi connectivity index (χ4v) is 3.26. The van der Waals surface area contributed by atoms with Gasteiger partial charge >= 0.3 is 0 Å². The Balaban J connectivity index is 1.84. The average Bonchev–Trinajstić information content (AvgIpc) is 2.63. The predicted octanol–water partition coefficient (Wildman–Crippen LogP) is 3.72. The summed E-state index contributed by atoms with van der Waals surface area (Å²) < 4.78 is 0. The molecule has 1 fully saturated rings. The van der Waals surface area contributed by atoms with Crippen molar-refractivity contribution >= 4 is 10.9 Å². The molecule has 1 saturated carbocycles. The molecule has 0 amide bonds. The van der Waals surface area contributed by atoms with Gasteiger partial charge in [0.25, 0.3) is 0 Å². The number of benzene rings is 1. The first kappa shape index (κ1) is 12.6. The van der Waals surface area contributed by atoms with E-state index in [0.29, 0.717) is 5.92 Å². The Labute approximate surface area is 114 Å². The molecule has 100 valence electrons. The Morgan fingerprint density at radius 3 is 2.89 bits per heavy atom. The van der Waals surface area contributed by atoms with Crippen molar-refractivity contribution in [1.29, 1.82) is 0 Å². The summed E-state index contributed by atoms with van der Waals surface area (Å²) in [5.74, 6) is 0.614. The highest BCUT2D eigenvalue weighted by atomic mass is 16.3. The van der Waals surface area contributed by atoms with Crippen LogP contribution in [0.25, 0.3) is 10.9 Å². The standard InChI is InChI=1S/C17H21NO/c19-15-6-2-1-5-13(12-15)11-14-9-10-18-17-8-4-3-7-16(14)17/h3-4,7-10,13,15,19H,1-2,5-6,11-12H2. The number of nitrogens with zero attached hydrogens (tertiary/aromatic N) is 1. The highest BCUT2D eigenvalue weighted by Crippen LogP contribution is 2.28. The van der Waals surface area contributed by atoms with Crippen LogP contribution in [0.2, 0.25) is 0 Å². The maximum absolute atomic E-state index is 9.94. The molecule has 0 spiro atoms. The van der Waals surface area contributed by atoms with Crippen molar-refractivity contribution in [3.8, 4) is 0 Å². The van der Waals surface area contributed by atoms with Crippen LogP contribution in [-0.4, -0.2) is 16.2 Å². The summed E-state index contributed by atoms with van der Waals surface area (Å²) in [7, 11) is 0. The molecular formula is C17H21NO. The number of rotatable bonds is 2. The van der Waals surface area contributed by atoms with Crippen molar-refractivity contribution in [1.82, 2.24) is 4.98 Å². The molecule has 2 nitrogen and oxygen atoms in total. The number of hydrogen-bond acceptors (Lipinski definition) is 2. The predicted molar refractivity (Wildman–Crippen MR) is 78.0 cm³/mol. The third kappa shape index (κ3) is 2.95. The molecule has 2 aromatic rings. The average molecular weight is 255 g/mol. The van der Waals surface area contributed by atoms with Crippen LogP contribution >= 0.6 is 0 Å². The minimum absolute atomic E-state index is 0.0967. The Morgan fingerprint density at radius 2 is 1.95 bits per heavy atom. The molecule has 0 saturated heterocycles. The van der Waals surface area contributed by atoms with Crippen molar-refractivity contribution in [2.24, 2.45) is 5.92 Å². The Kier molecular flexibility index (Phi) is 3.79. The first-order chi connectivity index (χ1) is 9.33. The van der Waals surface area contributed by atoms with Crippen LogP contribution in [0.4, 0.5) is 0 Å². The molecule has 0 radical (unpaired) electrons. The van der Waals surface area contributed by atoms with Gasteiger partial charge in [-0.2, -0.15) is 0 Å². The molecular weight excluding hydrogens is 234 g/mol. The molecule has 1 aliphatic rings. The van der Waals surface area contributed by atoms with Crippen LogP contribution in [0, 0.1) is 5.92 Å². The van der Waals surface area contributed by atoms with Gasteiger partial charge in [-0.3, -0.25) is 4.98 Å². The third-order valence-corrected chi connectivity index (χ3v) is 4.25. The first-order valence-corrected chi connectivity index (χ1v) is 7.33. The van der Waals surface area contributed by atoms with Gasteiger partial charge in [-0.05, 0) is 42.9 Å². The lowest BCUT2D eigenvalue weighted by Crippen LogP contribution is -2.12.